The second kappa shape index (κ2) is 8.19. The van der Waals surface area contributed by atoms with Crippen LogP contribution in [0.15, 0.2) is 66.7 Å². The fraction of sp³-hybridized carbons (Fsp3) is 0.200. The second-order valence-corrected chi connectivity index (χ2v) is 9.39. The number of carbonyl (C=O) groups excluding carboxylic acids is 2. The first-order valence-electron chi connectivity index (χ1n) is 10.5. The van der Waals surface area contributed by atoms with Crippen LogP contribution in [0, 0.1) is 18.6 Å². The second-order valence-electron chi connectivity index (χ2n) is 8.10. The topological polar surface area (TPSA) is 52.7 Å². The number of anilines is 2. The van der Waals surface area contributed by atoms with Gasteiger partial charge >= 0.3 is 6.03 Å². The molecular weight excluding hydrogens is 444 g/mol. The molecule has 1 saturated heterocycles. The lowest BCUT2D eigenvalue weighted by Crippen LogP contribution is -2.51. The van der Waals surface area contributed by atoms with Gasteiger partial charge in [0.15, 0.2) is 16.5 Å². The molecule has 168 valence electrons. The van der Waals surface area contributed by atoms with Crippen LogP contribution in [0.5, 0.6) is 0 Å². The van der Waals surface area contributed by atoms with Crippen LogP contribution < -0.4 is 10.2 Å². The van der Waals surface area contributed by atoms with Crippen molar-refractivity contribution in [3.8, 4) is 0 Å². The SMILES string of the molecule is Cc1cccc(NC(=O)N2CCS[C@@]23C(=O)N(Cc2ccc(F)c(F)c2)c2ccccc23)c1. The average molecular weight is 466 g/mol. The third kappa shape index (κ3) is 3.54. The molecule has 1 spiro atoms. The minimum Gasteiger partial charge on any atom is -0.308 e. The van der Waals surface area contributed by atoms with Gasteiger partial charge in [-0.3, -0.25) is 9.69 Å². The lowest BCUT2D eigenvalue weighted by atomic mass is 10.1. The summed E-state index contributed by atoms with van der Waals surface area (Å²) in [6.45, 7) is 2.42. The van der Waals surface area contributed by atoms with Crippen LogP contribution in [0.3, 0.4) is 0 Å². The van der Waals surface area contributed by atoms with Gasteiger partial charge in [0, 0.05) is 23.5 Å². The van der Waals surface area contributed by atoms with Crippen molar-refractivity contribution in [1.29, 1.82) is 0 Å². The van der Waals surface area contributed by atoms with Gasteiger partial charge in [-0.15, -0.1) is 11.8 Å². The van der Waals surface area contributed by atoms with Crippen LogP contribution in [0.4, 0.5) is 25.0 Å². The Morgan fingerprint density at radius 1 is 1.06 bits per heavy atom. The molecule has 5 nitrogen and oxygen atoms in total. The number of rotatable bonds is 3. The number of fused-ring (bicyclic) bond motifs is 2. The maximum atomic E-state index is 13.9. The highest BCUT2D eigenvalue weighted by Crippen LogP contribution is 2.54. The zero-order valence-electron chi connectivity index (χ0n) is 17.8. The van der Waals surface area contributed by atoms with E-state index in [0.717, 1.165) is 23.3 Å². The predicted molar refractivity (Wildman–Crippen MR) is 125 cm³/mol. The van der Waals surface area contributed by atoms with Gasteiger partial charge in [-0.1, -0.05) is 36.4 Å². The molecule has 0 radical (unpaired) electrons. The number of amides is 3. The quantitative estimate of drug-likeness (QED) is 0.575. The fourth-order valence-corrected chi connectivity index (χ4v) is 5.92. The number of urea groups is 1. The van der Waals surface area contributed by atoms with Gasteiger partial charge in [0.2, 0.25) is 0 Å². The summed E-state index contributed by atoms with van der Waals surface area (Å²) in [6.07, 6.45) is 0. The number of hydrogen-bond acceptors (Lipinski definition) is 3. The summed E-state index contributed by atoms with van der Waals surface area (Å²) in [7, 11) is 0. The van der Waals surface area contributed by atoms with Crippen molar-refractivity contribution >= 4 is 35.1 Å². The molecule has 2 heterocycles. The van der Waals surface area contributed by atoms with Crippen molar-refractivity contribution < 1.29 is 18.4 Å². The molecule has 2 aliphatic rings. The first-order valence-corrected chi connectivity index (χ1v) is 11.5. The molecule has 0 bridgehead atoms. The first kappa shape index (κ1) is 21.5. The molecule has 3 aromatic carbocycles. The third-order valence-electron chi connectivity index (χ3n) is 5.94. The van der Waals surface area contributed by atoms with Gasteiger partial charge in [0.25, 0.3) is 5.91 Å². The summed E-state index contributed by atoms with van der Waals surface area (Å²) < 4.78 is 27.2. The number of hydrogen-bond donors (Lipinski definition) is 1. The highest BCUT2D eigenvalue weighted by Gasteiger charge is 2.59. The Bertz CT molecular complexity index is 1270. The summed E-state index contributed by atoms with van der Waals surface area (Å²) in [5, 5.41) is 2.92. The molecule has 3 aromatic rings. The van der Waals surface area contributed by atoms with Gasteiger partial charge < -0.3 is 10.2 Å². The Morgan fingerprint density at radius 2 is 1.88 bits per heavy atom. The number of thioether (sulfide) groups is 1. The first-order chi connectivity index (χ1) is 15.9. The number of halogens is 2. The van der Waals surface area contributed by atoms with Crippen molar-refractivity contribution in [1.82, 2.24) is 4.90 Å². The molecule has 0 aromatic heterocycles. The highest BCUT2D eigenvalue weighted by atomic mass is 32.2. The summed E-state index contributed by atoms with van der Waals surface area (Å²) in [5.74, 6) is -1.57. The highest BCUT2D eigenvalue weighted by molar-refractivity contribution is 8.01. The van der Waals surface area contributed by atoms with Crippen LogP contribution >= 0.6 is 11.8 Å². The molecule has 0 saturated carbocycles. The third-order valence-corrected chi connectivity index (χ3v) is 7.36. The van der Waals surface area contributed by atoms with E-state index in [9.17, 15) is 18.4 Å². The van der Waals surface area contributed by atoms with Gasteiger partial charge in [-0.2, -0.15) is 0 Å². The normalized spacial score (nSPS) is 19.3. The minimum absolute atomic E-state index is 0.0721. The van der Waals surface area contributed by atoms with Crippen LogP contribution in [-0.4, -0.2) is 29.1 Å². The number of nitrogens with one attached hydrogen (secondary N) is 1. The molecule has 1 fully saturated rings. The maximum Gasteiger partial charge on any atom is 0.323 e. The van der Waals surface area contributed by atoms with Crippen LogP contribution in [-0.2, 0) is 16.2 Å². The molecule has 8 heteroatoms. The van der Waals surface area contributed by atoms with Gasteiger partial charge in [-0.05, 0) is 48.4 Å². The van der Waals surface area contributed by atoms with Crippen LogP contribution in [0.2, 0.25) is 0 Å². The number of carbonyl (C=O) groups is 2. The standard InChI is InChI=1S/C25H21F2N3O2S/c1-16-5-4-6-18(13-16)28-24(32)30-11-12-33-25(30)19-7-2-3-8-22(19)29(23(25)31)15-17-9-10-20(26)21(27)14-17/h2-10,13-14H,11-12,15H2,1H3,(H,28,32)/t25-/m0/s1. The molecule has 33 heavy (non-hydrogen) atoms. The van der Waals surface area contributed by atoms with E-state index < -0.39 is 16.5 Å². The van der Waals surface area contributed by atoms with Crippen LogP contribution in [0.1, 0.15) is 16.7 Å². The Kier molecular flexibility index (Phi) is 5.32. The van der Waals surface area contributed by atoms with Gasteiger partial charge in [-0.25, -0.2) is 13.6 Å². The summed E-state index contributed by atoms with van der Waals surface area (Å²) in [6, 6.07) is 18.1. The number of para-hydroxylation sites is 1. The zero-order chi connectivity index (χ0) is 23.2. The Labute approximate surface area is 194 Å². The van der Waals surface area contributed by atoms with Crippen molar-refractivity contribution in [3.05, 3.63) is 95.1 Å². The van der Waals surface area contributed by atoms with Crippen molar-refractivity contribution in [2.24, 2.45) is 0 Å². The number of benzene rings is 3. The smallest absolute Gasteiger partial charge is 0.308 e. The lowest BCUT2D eigenvalue weighted by Gasteiger charge is -2.33. The molecular formula is C25H21F2N3O2S. The van der Waals surface area contributed by atoms with E-state index in [-0.39, 0.29) is 18.5 Å². The van der Waals surface area contributed by atoms with E-state index in [4.69, 9.17) is 0 Å². The van der Waals surface area contributed by atoms with Gasteiger partial charge in [0.1, 0.15) is 0 Å². The van der Waals surface area contributed by atoms with E-state index in [1.165, 1.54) is 17.8 Å². The fourth-order valence-electron chi connectivity index (χ4n) is 4.46. The Hall–Kier alpha value is -3.39. The zero-order valence-corrected chi connectivity index (χ0v) is 18.7. The van der Waals surface area contributed by atoms with E-state index in [1.54, 1.807) is 15.9 Å². The number of nitrogens with zero attached hydrogens (tertiary/aromatic N) is 2. The summed E-state index contributed by atoms with van der Waals surface area (Å²) >= 11 is 1.41. The van der Waals surface area contributed by atoms with Crippen molar-refractivity contribution in [3.63, 3.8) is 0 Å². The average Bonchev–Trinajstić information content (AvgIpc) is 3.34. The monoisotopic (exact) mass is 465 g/mol. The predicted octanol–water partition coefficient (Wildman–Crippen LogP) is 5.25. The van der Waals surface area contributed by atoms with E-state index in [1.807, 2.05) is 49.4 Å². The molecule has 1 atom stereocenters. The van der Waals surface area contributed by atoms with E-state index >= 15 is 0 Å². The van der Waals surface area contributed by atoms with Gasteiger partial charge in [0.05, 0.1) is 12.2 Å². The molecule has 2 aliphatic heterocycles. The van der Waals surface area contributed by atoms with E-state index in [2.05, 4.69) is 5.32 Å². The number of aryl methyl sites for hydroxylation is 1. The largest absolute Gasteiger partial charge is 0.323 e. The Morgan fingerprint density at radius 3 is 2.67 bits per heavy atom. The molecule has 1 N–H and O–H groups in total. The van der Waals surface area contributed by atoms with E-state index in [0.29, 0.717) is 29.2 Å². The van der Waals surface area contributed by atoms with Crippen molar-refractivity contribution in [2.45, 2.75) is 18.3 Å². The minimum atomic E-state index is -1.21. The van der Waals surface area contributed by atoms with Crippen LogP contribution in [0.25, 0.3) is 0 Å². The van der Waals surface area contributed by atoms with Crippen molar-refractivity contribution in [2.75, 3.05) is 22.5 Å². The molecule has 5 rings (SSSR count). The molecule has 3 amide bonds. The molecule has 0 aliphatic carbocycles. The lowest BCUT2D eigenvalue weighted by molar-refractivity contribution is -0.123. The molecule has 0 unspecified atom stereocenters. The maximum absolute atomic E-state index is 13.9. The summed E-state index contributed by atoms with van der Waals surface area (Å²) in [4.78, 5) is 29.1. The Balaban J connectivity index is 1.50. The summed E-state index contributed by atoms with van der Waals surface area (Å²) in [5.41, 5.74) is 3.52.